The Bertz CT molecular complexity index is 1380. The number of aromatic nitrogens is 1. The first-order valence-corrected chi connectivity index (χ1v) is 15.5. The van der Waals surface area contributed by atoms with E-state index in [-0.39, 0.29) is 36.7 Å². The molecule has 1 fully saturated rings. The summed E-state index contributed by atoms with van der Waals surface area (Å²) in [6.07, 6.45) is 10.9. The summed E-state index contributed by atoms with van der Waals surface area (Å²) in [4.78, 5) is 17.6. The number of hydrogen-bond donors (Lipinski definition) is 1. The molecule has 0 bridgehead atoms. The molecule has 2 aliphatic carbocycles. The number of ketones is 1. The van der Waals surface area contributed by atoms with Gasteiger partial charge in [0.25, 0.3) is 0 Å². The second-order valence-electron chi connectivity index (χ2n) is 12.2. The van der Waals surface area contributed by atoms with E-state index in [1.807, 2.05) is 6.20 Å². The second-order valence-corrected chi connectivity index (χ2v) is 12.2. The van der Waals surface area contributed by atoms with E-state index in [0.29, 0.717) is 11.7 Å². The van der Waals surface area contributed by atoms with Crippen molar-refractivity contribution in [1.29, 1.82) is 0 Å². The van der Waals surface area contributed by atoms with Crippen LogP contribution in [0.4, 0.5) is 0 Å². The zero-order valence-electron chi connectivity index (χ0n) is 26.1. The number of aliphatic hydroxyl groups is 1. The van der Waals surface area contributed by atoms with Crippen molar-refractivity contribution in [2.45, 2.75) is 106 Å². The summed E-state index contributed by atoms with van der Waals surface area (Å²) in [5.74, 6) is 1.04. The van der Waals surface area contributed by atoms with E-state index >= 15 is 0 Å². The van der Waals surface area contributed by atoms with E-state index in [4.69, 9.17) is 0 Å². The number of rotatable bonds is 6. The smallest absolute Gasteiger partial charge is 0.168 e. The Kier molecular flexibility index (Phi) is 11.2. The SMILES string of the molecule is CCC1(CC)CCC2CCC(CC)(CC)C(O)=C2C1=O.CCc1ccc2cnc(-c3[c-]c(C)cc(C)c3)cc2c1.[Ir]. The number of aryl methyl sites for hydroxylation is 3. The first-order chi connectivity index (χ1) is 19.2. The van der Waals surface area contributed by atoms with Gasteiger partial charge in [0.15, 0.2) is 5.78 Å². The molecule has 1 aromatic heterocycles. The molecule has 1 saturated carbocycles. The average molecular weight is 731 g/mol. The Morgan fingerprint density at radius 2 is 1.51 bits per heavy atom. The van der Waals surface area contributed by atoms with Crippen molar-refractivity contribution in [2.75, 3.05) is 0 Å². The molecule has 3 nitrogen and oxygen atoms in total. The number of allylic oxidation sites excluding steroid dienone is 2. The molecule has 223 valence electrons. The van der Waals surface area contributed by atoms with E-state index in [0.717, 1.165) is 80.2 Å². The molecule has 2 aromatic carbocycles. The third-order valence-electron chi connectivity index (χ3n) is 10.2. The zero-order valence-corrected chi connectivity index (χ0v) is 28.5. The van der Waals surface area contributed by atoms with Gasteiger partial charge in [-0.3, -0.25) is 4.79 Å². The van der Waals surface area contributed by atoms with Crippen LogP contribution in [0.1, 0.15) is 103 Å². The molecule has 2 aliphatic rings. The van der Waals surface area contributed by atoms with Crippen molar-refractivity contribution < 1.29 is 30.0 Å². The predicted molar refractivity (Wildman–Crippen MR) is 168 cm³/mol. The van der Waals surface area contributed by atoms with Gasteiger partial charge in [-0.15, -0.1) is 34.9 Å². The number of benzene rings is 2. The molecule has 1 atom stereocenters. The van der Waals surface area contributed by atoms with E-state index in [1.54, 1.807) is 0 Å². The Labute approximate surface area is 261 Å². The van der Waals surface area contributed by atoms with E-state index in [2.05, 4.69) is 95.9 Å². The fourth-order valence-electron chi connectivity index (χ4n) is 7.08. The minimum Gasteiger partial charge on any atom is -0.511 e. The molecule has 1 unspecified atom stereocenters. The summed E-state index contributed by atoms with van der Waals surface area (Å²) in [7, 11) is 0. The van der Waals surface area contributed by atoms with Crippen molar-refractivity contribution in [3.63, 3.8) is 0 Å². The van der Waals surface area contributed by atoms with E-state index in [9.17, 15) is 9.90 Å². The van der Waals surface area contributed by atoms with Gasteiger partial charge in [0, 0.05) is 42.7 Å². The number of nitrogens with zero attached hydrogens (tertiary/aromatic N) is 1. The summed E-state index contributed by atoms with van der Waals surface area (Å²) < 4.78 is 0. The fourth-order valence-corrected chi connectivity index (χ4v) is 7.08. The number of fused-ring (bicyclic) bond motifs is 2. The Hall–Kier alpha value is -2.29. The molecule has 3 aromatic rings. The molecule has 5 rings (SSSR count). The van der Waals surface area contributed by atoms with Gasteiger partial charge in [0.2, 0.25) is 0 Å². The molecule has 1 heterocycles. The molecule has 1 radical (unpaired) electrons. The van der Waals surface area contributed by atoms with Crippen molar-refractivity contribution in [3.05, 3.63) is 76.7 Å². The average Bonchev–Trinajstić information content (AvgIpc) is 2.97. The number of pyridine rings is 1. The quantitative estimate of drug-likeness (QED) is 0.257. The third kappa shape index (κ3) is 6.55. The summed E-state index contributed by atoms with van der Waals surface area (Å²) in [6.45, 7) is 14.9. The summed E-state index contributed by atoms with van der Waals surface area (Å²) >= 11 is 0. The molecule has 0 saturated heterocycles. The topological polar surface area (TPSA) is 50.2 Å². The number of hydrogen-bond acceptors (Lipinski definition) is 3. The molecular formula is C37H48IrNO2-. The van der Waals surface area contributed by atoms with Gasteiger partial charge in [0.05, 0.1) is 0 Å². The van der Waals surface area contributed by atoms with Gasteiger partial charge in [-0.1, -0.05) is 72.7 Å². The molecule has 0 aliphatic heterocycles. The van der Waals surface area contributed by atoms with Crippen LogP contribution in [-0.4, -0.2) is 15.9 Å². The largest absolute Gasteiger partial charge is 0.511 e. The minimum absolute atomic E-state index is 0. The standard InChI is InChI=1S/C19H18N.C18H30O2.Ir/c1-4-15-5-6-16-12-20-19(11-17(16)10-15)18-8-13(2)7-14(3)9-18;1-5-17(6-2)11-9-13-10-12-18(7-3,8-4)16(20)14(13)15(17)19;/h5-8,10-12H,4H2,1-3H3;13,19H,5-12H2,1-4H3;/q-1;;. The van der Waals surface area contributed by atoms with Crippen LogP contribution in [0.2, 0.25) is 0 Å². The maximum atomic E-state index is 13.1. The van der Waals surface area contributed by atoms with Crippen molar-refractivity contribution >= 4 is 16.6 Å². The maximum absolute atomic E-state index is 13.1. The molecule has 1 N–H and O–H groups in total. The maximum Gasteiger partial charge on any atom is 0.168 e. The first kappa shape index (κ1) is 33.2. The van der Waals surface area contributed by atoms with E-state index in [1.165, 1.54) is 21.9 Å². The number of aliphatic hydroxyl groups excluding tert-OH is 1. The zero-order chi connectivity index (χ0) is 29.1. The monoisotopic (exact) mass is 731 g/mol. The van der Waals surface area contributed by atoms with Crippen LogP contribution in [0.3, 0.4) is 0 Å². The van der Waals surface area contributed by atoms with Gasteiger partial charge in [-0.05, 0) is 85.7 Å². The molecule has 0 amide bonds. The third-order valence-corrected chi connectivity index (χ3v) is 10.2. The Morgan fingerprint density at radius 1 is 0.878 bits per heavy atom. The van der Waals surface area contributed by atoms with Crippen molar-refractivity contribution in [2.24, 2.45) is 16.7 Å². The predicted octanol–water partition coefficient (Wildman–Crippen LogP) is 10.1. The number of carbonyl (C=O) groups is 1. The van der Waals surface area contributed by atoms with Crippen LogP contribution in [0.15, 0.2) is 53.9 Å². The summed E-state index contributed by atoms with van der Waals surface area (Å²) in [5, 5.41) is 13.3. The number of carbonyl (C=O) groups excluding carboxylic acids is 1. The van der Waals surface area contributed by atoms with E-state index < -0.39 is 0 Å². The second kappa shape index (κ2) is 13.8. The van der Waals surface area contributed by atoms with Gasteiger partial charge in [-0.2, -0.15) is 0 Å². The summed E-state index contributed by atoms with van der Waals surface area (Å²) in [5.41, 5.74) is 6.32. The minimum atomic E-state index is -0.204. The van der Waals surface area contributed by atoms with Gasteiger partial charge in [0.1, 0.15) is 5.76 Å². The van der Waals surface area contributed by atoms with Gasteiger partial charge in [-0.25, -0.2) is 0 Å². The van der Waals surface area contributed by atoms with Gasteiger partial charge < -0.3 is 10.1 Å². The number of Topliss-reactive ketones (excluding diaryl/α,β-unsaturated/α-hetero) is 1. The first-order valence-electron chi connectivity index (χ1n) is 15.5. The molecule has 0 spiro atoms. The fraction of sp³-hybridized carbons (Fsp3) is 0.514. The van der Waals surface area contributed by atoms with Crippen LogP contribution < -0.4 is 0 Å². The normalized spacial score (nSPS) is 19.2. The molecule has 41 heavy (non-hydrogen) atoms. The van der Waals surface area contributed by atoms with Crippen LogP contribution >= 0.6 is 0 Å². The van der Waals surface area contributed by atoms with Crippen LogP contribution in [-0.2, 0) is 31.3 Å². The van der Waals surface area contributed by atoms with Crippen LogP contribution in [0, 0.1) is 36.7 Å². The summed E-state index contributed by atoms with van der Waals surface area (Å²) in [6, 6.07) is 16.4. The van der Waals surface area contributed by atoms with Crippen LogP contribution in [0.5, 0.6) is 0 Å². The van der Waals surface area contributed by atoms with Crippen LogP contribution in [0.25, 0.3) is 22.0 Å². The molecule has 4 heteroatoms. The Morgan fingerprint density at radius 3 is 2.10 bits per heavy atom. The molecular weight excluding hydrogens is 683 g/mol. The van der Waals surface area contributed by atoms with Gasteiger partial charge >= 0.3 is 0 Å². The van der Waals surface area contributed by atoms with Crippen molar-refractivity contribution in [3.8, 4) is 11.3 Å². The van der Waals surface area contributed by atoms with Crippen molar-refractivity contribution in [1.82, 2.24) is 4.98 Å². The Balaban J connectivity index is 0.000000220.